The minimum atomic E-state index is -4.64. The number of para-hydroxylation sites is 1. The van der Waals surface area contributed by atoms with Gasteiger partial charge in [0.1, 0.15) is 23.0 Å². The van der Waals surface area contributed by atoms with E-state index < -0.39 is 15.0 Å². The van der Waals surface area contributed by atoms with E-state index in [0.717, 1.165) is 16.7 Å². The number of benzene rings is 4. The van der Waals surface area contributed by atoms with E-state index in [1.807, 2.05) is 61.8 Å². The van der Waals surface area contributed by atoms with Crippen molar-refractivity contribution in [2.45, 2.75) is 57.4 Å². The monoisotopic (exact) mass is 664 g/mol. The Labute approximate surface area is 280 Å². The van der Waals surface area contributed by atoms with Gasteiger partial charge >= 0.3 is 0 Å². The number of aromatic nitrogens is 1. The maximum absolute atomic E-state index is 12.3. The van der Waals surface area contributed by atoms with E-state index in [1.54, 1.807) is 24.3 Å². The molecule has 0 unspecified atom stereocenters. The van der Waals surface area contributed by atoms with E-state index in [-0.39, 0.29) is 59.8 Å². The first kappa shape index (κ1) is 32.8. The van der Waals surface area contributed by atoms with Crippen molar-refractivity contribution in [2.75, 3.05) is 0 Å². The van der Waals surface area contributed by atoms with Gasteiger partial charge in [-0.1, -0.05) is 48.0 Å². The smallest absolute Gasteiger partial charge is 0.294 e. The van der Waals surface area contributed by atoms with Crippen molar-refractivity contribution in [1.82, 2.24) is 0 Å². The topological polar surface area (TPSA) is 139 Å². The first-order valence-corrected chi connectivity index (χ1v) is 17.2. The molecule has 246 valence electrons. The van der Waals surface area contributed by atoms with Gasteiger partial charge in [-0.25, -0.2) is 4.57 Å². The van der Waals surface area contributed by atoms with Crippen molar-refractivity contribution in [3.63, 3.8) is 0 Å². The van der Waals surface area contributed by atoms with Crippen LogP contribution in [0, 0.1) is 6.92 Å². The summed E-state index contributed by atoms with van der Waals surface area (Å²) in [5.41, 5.74) is 6.10. The predicted octanol–water partition coefficient (Wildman–Crippen LogP) is 6.78. The first-order chi connectivity index (χ1) is 22.8. The maximum atomic E-state index is 12.3. The van der Waals surface area contributed by atoms with Gasteiger partial charge in [0.05, 0.1) is 4.90 Å². The van der Waals surface area contributed by atoms with Crippen molar-refractivity contribution in [1.29, 1.82) is 0 Å². The molecular weight excluding hydrogens is 626 g/mol. The van der Waals surface area contributed by atoms with Crippen LogP contribution in [0.1, 0.15) is 81.1 Å². The maximum Gasteiger partial charge on any atom is 0.294 e. The number of aryl methyl sites for hydroxylation is 1. The third-order valence-corrected chi connectivity index (χ3v) is 9.74. The molecule has 1 heterocycles. The molecule has 0 fully saturated rings. The fourth-order valence-corrected chi connectivity index (χ4v) is 6.93. The Balaban J connectivity index is 1.53. The lowest BCUT2D eigenvalue weighted by molar-refractivity contribution is -0.716. The van der Waals surface area contributed by atoms with Crippen molar-refractivity contribution in [3.8, 4) is 23.0 Å². The second-order valence-corrected chi connectivity index (χ2v) is 14.2. The second kappa shape index (κ2) is 12.8. The van der Waals surface area contributed by atoms with Crippen molar-refractivity contribution in [2.24, 2.45) is 0 Å². The van der Waals surface area contributed by atoms with E-state index in [2.05, 4.69) is 18.4 Å². The van der Waals surface area contributed by atoms with Crippen LogP contribution in [0.5, 0.6) is 23.0 Å². The molecule has 9 heteroatoms. The fourth-order valence-electron chi connectivity index (χ4n) is 6.35. The minimum Gasteiger partial charge on any atom is -0.507 e. The molecule has 1 aromatic heterocycles. The molecule has 0 atom stereocenters. The van der Waals surface area contributed by atoms with Gasteiger partial charge in [0.15, 0.2) is 18.4 Å². The van der Waals surface area contributed by atoms with Crippen LogP contribution < -0.4 is 4.57 Å². The lowest BCUT2D eigenvalue weighted by Crippen LogP contribution is -2.34. The zero-order chi connectivity index (χ0) is 34.3. The average molecular weight is 665 g/mol. The number of hydrogen-bond acceptors (Lipinski definition) is 6. The lowest BCUT2D eigenvalue weighted by atomic mass is 9.90. The van der Waals surface area contributed by atoms with Crippen LogP contribution in [0.15, 0.2) is 84.0 Å². The summed E-state index contributed by atoms with van der Waals surface area (Å²) in [4.78, 5) is -0.399. The third-order valence-electron chi connectivity index (χ3n) is 8.91. The largest absolute Gasteiger partial charge is 0.507 e. The molecule has 0 aliphatic heterocycles. The van der Waals surface area contributed by atoms with Gasteiger partial charge in [0, 0.05) is 48.9 Å². The number of aromatic hydroxyl groups is 4. The molecule has 8 nitrogen and oxygen atoms in total. The van der Waals surface area contributed by atoms with Gasteiger partial charge in [-0.3, -0.25) is 4.55 Å². The van der Waals surface area contributed by atoms with Crippen molar-refractivity contribution < 1.29 is 38.0 Å². The van der Waals surface area contributed by atoms with Gasteiger partial charge in [-0.15, -0.1) is 0 Å². The summed E-state index contributed by atoms with van der Waals surface area (Å²) in [7, 11) is -4.64. The predicted molar refractivity (Wildman–Crippen MR) is 184 cm³/mol. The standard InChI is InChI=1S/C39H37NO7S/c1-23(2)40-11-9-25(10-12-40)7-8-26-15-31-17-27-5-4-6-28(36(27)41)18-33-21-35(48(45,46)47)22-34(39(33)44)20-30-14-24(3)13-29(37(30)42)19-32(16-26)38(31)43/h4-16,21-23H,17-20H2,1-3H3,(H4,41,42,44,45,46,47)/p+1. The van der Waals surface area contributed by atoms with E-state index in [4.69, 9.17) is 0 Å². The van der Waals surface area contributed by atoms with Crippen LogP contribution in [0.25, 0.3) is 12.2 Å². The normalized spacial score (nSPS) is 13.3. The summed E-state index contributed by atoms with van der Waals surface area (Å²) in [6.45, 7) is 6.10. The zero-order valence-corrected chi connectivity index (χ0v) is 27.8. The molecule has 0 radical (unpaired) electrons. The van der Waals surface area contributed by atoms with Gasteiger partial charge in [0.2, 0.25) is 0 Å². The average Bonchev–Trinajstić information content (AvgIpc) is 3.03. The summed E-state index contributed by atoms with van der Waals surface area (Å²) < 4.78 is 36.6. The number of pyridine rings is 1. The summed E-state index contributed by atoms with van der Waals surface area (Å²) in [5.74, 6) is -0.229. The Morgan fingerprint density at radius 2 is 1.00 bits per heavy atom. The first-order valence-electron chi connectivity index (χ1n) is 15.7. The molecule has 5 aromatic rings. The van der Waals surface area contributed by atoms with Crippen LogP contribution in [0.2, 0.25) is 0 Å². The number of phenolic OH excluding ortho intramolecular Hbond substituents is 4. The van der Waals surface area contributed by atoms with Crippen LogP contribution in [-0.2, 0) is 35.8 Å². The number of rotatable bonds is 4. The summed E-state index contributed by atoms with van der Waals surface area (Å²) in [5, 5.41) is 45.8. The zero-order valence-electron chi connectivity index (χ0n) is 27.0. The molecule has 1 aliphatic carbocycles. The molecule has 0 saturated carbocycles. The number of phenols is 4. The molecule has 8 bridgehead atoms. The Kier molecular flexibility index (Phi) is 8.76. The Bertz CT molecular complexity index is 2190. The van der Waals surface area contributed by atoms with Crippen molar-refractivity contribution >= 4 is 22.3 Å². The molecule has 6 rings (SSSR count). The van der Waals surface area contributed by atoms with Gasteiger partial charge < -0.3 is 20.4 Å². The highest BCUT2D eigenvalue weighted by Gasteiger charge is 2.22. The molecule has 4 aromatic carbocycles. The van der Waals surface area contributed by atoms with Crippen molar-refractivity contribution in [3.05, 3.63) is 140 Å². The lowest BCUT2D eigenvalue weighted by Gasteiger charge is -2.18. The quantitative estimate of drug-likeness (QED) is 0.103. The molecule has 0 amide bonds. The van der Waals surface area contributed by atoms with Gasteiger partial charge in [0.25, 0.3) is 10.1 Å². The molecule has 5 N–H and O–H groups in total. The van der Waals surface area contributed by atoms with Crippen LogP contribution in [-0.4, -0.2) is 33.4 Å². The highest BCUT2D eigenvalue weighted by Crippen LogP contribution is 2.39. The van der Waals surface area contributed by atoms with E-state index in [9.17, 15) is 33.4 Å². The highest BCUT2D eigenvalue weighted by molar-refractivity contribution is 7.85. The van der Waals surface area contributed by atoms with Crippen LogP contribution in [0.4, 0.5) is 0 Å². The van der Waals surface area contributed by atoms with E-state index in [0.29, 0.717) is 39.4 Å². The van der Waals surface area contributed by atoms with Crippen LogP contribution in [0.3, 0.4) is 0 Å². The van der Waals surface area contributed by atoms with Gasteiger partial charge in [-0.05, 0) is 89.5 Å². The SMILES string of the molecule is Cc1cc2c(O)c(c1)Cc1cc(S(=O)(=O)O)cc(c1O)Cc1cccc(c1O)Cc1cc(/C=C/c3cc[n+](C(C)C)cc3)cc(c1O)C2. The molecule has 0 saturated heterocycles. The minimum absolute atomic E-state index is 0.0391. The molecule has 1 aliphatic rings. The number of nitrogens with zero attached hydrogens (tertiary/aromatic N) is 1. The summed E-state index contributed by atoms with van der Waals surface area (Å²) in [6.07, 6.45) is 8.30. The fraction of sp³-hybridized carbons (Fsp3) is 0.205. The van der Waals surface area contributed by atoms with E-state index >= 15 is 0 Å². The Morgan fingerprint density at radius 1 is 0.604 bits per heavy atom. The number of fused-ring (bicyclic) bond motifs is 8. The van der Waals surface area contributed by atoms with Crippen LogP contribution >= 0.6 is 0 Å². The Morgan fingerprint density at radius 3 is 1.46 bits per heavy atom. The summed E-state index contributed by atoms with van der Waals surface area (Å²) in [6, 6.07) is 19.3. The third kappa shape index (κ3) is 6.79. The number of hydrogen-bond donors (Lipinski definition) is 5. The summed E-state index contributed by atoms with van der Waals surface area (Å²) >= 11 is 0. The highest BCUT2D eigenvalue weighted by atomic mass is 32.2. The molecule has 48 heavy (non-hydrogen) atoms. The molecule has 0 spiro atoms. The Hall–Kier alpha value is -5.12. The second-order valence-electron chi connectivity index (χ2n) is 12.8. The van der Waals surface area contributed by atoms with Gasteiger partial charge in [-0.2, -0.15) is 8.42 Å². The van der Waals surface area contributed by atoms with E-state index in [1.165, 1.54) is 12.1 Å². The molecular formula is C39H38NO7S+.